The van der Waals surface area contributed by atoms with Crippen LogP contribution in [0.5, 0.6) is 0 Å². The highest BCUT2D eigenvalue weighted by Crippen LogP contribution is 2.47. The molecule has 4 rings (SSSR count). The number of carbonyl (C=O) groups is 1. The topological polar surface area (TPSA) is 37.3 Å². The average Bonchev–Trinajstić information content (AvgIpc) is 3.36. The van der Waals surface area contributed by atoms with Gasteiger partial charge in [0.1, 0.15) is 0 Å². The fourth-order valence-electron chi connectivity index (χ4n) is 2.99. The number of carboxylic acids is 1. The van der Waals surface area contributed by atoms with Crippen molar-refractivity contribution in [3.05, 3.63) is 72.3 Å². The SMILES string of the molecule is O=C(O)C1CC1c1ccc(Sc2ccc3ccccc3c2)cc1. The Morgan fingerprint density at radius 3 is 2.30 bits per heavy atom. The van der Waals surface area contributed by atoms with Crippen LogP contribution >= 0.6 is 11.8 Å². The van der Waals surface area contributed by atoms with Crippen LogP contribution in [0.2, 0.25) is 0 Å². The van der Waals surface area contributed by atoms with Gasteiger partial charge in [0.25, 0.3) is 0 Å². The third kappa shape index (κ3) is 2.97. The summed E-state index contributed by atoms with van der Waals surface area (Å²) in [6.07, 6.45) is 0.770. The Kier molecular flexibility index (Phi) is 3.58. The van der Waals surface area contributed by atoms with Crippen LogP contribution in [-0.4, -0.2) is 11.1 Å². The molecule has 1 N–H and O–H groups in total. The van der Waals surface area contributed by atoms with Crippen LogP contribution in [0.3, 0.4) is 0 Å². The second-order valence-corrected chi connectivity index (χ2v) is 7.11. The van der Waals surface area contributed by atoms with Gasteiger partial charge in [0.15, 0.2) is 0 Å². The lowest BCUT2D eigenvalue weighted by atomic mass is 10.1. The van der Waals surface area contributed by atoms with Gasteiger partial charge in [-0.05, 0) is 52.9 Å². The van der Waals surface area contributed by atoms with Gasteiger partial charge in [-0.2, -0.15) is 0 Å². The summed E-state index contributed by atoms with van der Waals surface area (Å²) in [6, 6.07) is 23.2. The van der Waals surface area contributed by atoms with E-state index in [2.05, 4.69) is 66.7 Å². The minimum absolute atomic E-state index is 0.186. The molecule has 2 unspecified atom stereocenters. The molecule has 114 valence electrons. The molecule has 1 aliphatic carbocycles. The van der Waals surface area contributed by atoms with E-state index in [4.69, 9.17) is 5.11 Å². The molecule has 3 aromatic carbocycles. The Balaban J connectivity index is 1.51. The summed E-state index contributed by atoms with van der Waals surface area (Å²) in [6.45, 7) is 0. The molecule has 2 nitrogen and oxygen atoms in total. The molecule has 3 heteroatoms. The summed E-state index contributed by atoms with van der Waals surface area (Å²) in [5.41, 5.74) is 1.14. The van der Waals surface area contributed by atoms with Gasteiger partial charge >= 0.3 is 5.97 Å². The fraction of sp³-hybridized carbons (Fsp3) is 0.150. The normalized spacial score (nSPS) is 19.7. The molecular weight excluding hydrogens is 304 g/mol. The molecule has 2 atom stereocenters. The molecule has 1 fully saturated rings. The molecule has 1 aliphatic rings. The zero-order valence-electron chi connectivity index (χ0n) is 12.5. The van der Waals surface area contributed by atoms with E-state index < -0.39 is 5.97 Å². The number of carboxylic acid groups (broad SMARTS) is 1. The summed E-state index contributed by atoms with van der Waals surface area (Å²) in [5, 5.41) is 11.5. The van der Waals surface area contributed by atoms with E-state index in [9.17, 15) is 4.79 Å². The molecule has 0 spiro atoms. The quantitative estimate of drug-likeness (QED) is 0.720. The average molecular weight is 320 g/mol. The van der Waals surface area contributed by atoms with Gasteiger partial charge in [0.2, 0.25) is 0 Å². The summed E-state index contributed by atoms with van der Waals surface area (Å²) in [5.74, 6) is -0.661. The summed E-state index contributed by atoms with van der Waals surface area (Å²) in [4.78, 5) is 13.3. The van der Waals surface area contributed by atoms with Crippen molar-refractivity contribution in [1.82, 2.24) is 0 Å². The zero-order valence-corrected chi connectivity index (χ0v) is 13.3. The molecule has 0 aromatic heterocycles. The van der Waals surface area contributed by atoms with E-state index >= 15 is 0 Å². The number of hydrogen-bond donors (Lipinski definition) is 1. The third-order valence-electron chi connectivity index (χ3n) is 4.37. The minimum atomic E-state index is -0.676. The summed E-state index contributed by atoms with van der Waals surface area (Å²) >= 11 is 1.73. The van der Waals surface area contributed by atoms with Crippen molar-refractivity contribution in [2.45, 2.75) is 22.1 Å². The summed E-state index contributed by atoms with van der Waals surface area (Å²) < 4.78 is 0. The Bertz CT molecular complexity index is 870. The van der Waals surface area contributed by atoms with Crippen molar-refractivity contribution < 1.29 is 9.90 Å². The maximum atomic E-state index is 11.0. The summed E-state index contributed by atoms with van der Waals surface area (Å²) in [7, 11) is 0. The predicted octanol–water partition coefficient (Wildman–Crippen LogP) is 5.18. The number of benzene rings is 3. The molecule has 1 saturated carbocycles. The number of aliphatic carboxylic acids is 1. The van der Waals surface area contributed by atoms with Crippen molar-refractivity contribution in [2.75, 3.05) is 0 Å². The fourth-order valence-corrected chi connectivity index (χ4v) is 3.85. The van der Waals surface area contributed by atoms with Gasteiger partial charge in [-0.3, -0.25) is 4.79 Å². The van der Waals surface area contributed by atoms with Crippen molar-refractivity contribution in [1.29, 1.82) is 0 Å². The van der Waals surface area contributed by atoms with Gasteiger partial charge in [0.05, 0.1) is 5.92 Å². The molecule has 23 heavy (non-hydrogen) atoms. The number of fused-ring (bicyclic) bond motifs is 1. The van der Waals surface area contributed by atoms with Gasteiger partial charge in [-0.15, -0.1) is 0 Å². The Hall–Kier alpha value is -2.26. The van der Waals surface area contributed by atoms with Gasteiger partial charge in [0, 0.05) is 9.79 Å². The molecule has 0 heterocycles. The maximum Gasteiger partial charge on any atom is 0.307 e. The molecule has 0 radical (unpaired) electrons. The van der Waals surface area contributed by atoms with Crippen LogP contribution in [-0.2, 0) is 4.79 Å². The van der Waals surface area contributed by atoms with Crippen molar-refractivity contribution in [2.24, 2.45) is 5.92 Å². The second-order valence-electron chi connectivity index (χ2n) is 5.97. The number of hydrogen-bond acceptors (Lipinski definition) is 2. The van der Waals surface area contributed by atoms with Gasteiger partial charge < -0.3 is 5.11 Å². The molecule has 3 aromatic rings. The van der Waals surface area contributed by atoms with E-state index in [1.165, 1.54) is 20.6 Å². The second kappa shape index (κ2) is 5.74. The lowest BCUT2D eigenvalue weighted by molar-refractivity contribution is -0.138. The first-order valence-electron chi connectivity index (χ1n) is 7.70. The molecule has 0 aliphatic heterocycles. The van der Waals surface area contributed by atoms with Crippen LogP contribution in [0.4, 0.5) is 0 Å². The largest absolute Gasteiger partial charge is 0.481 e. The first kappa shape index (κ1) is 14.3. The van der Waals surface area contributed by atoms with E-state index in [0.29, 0.717) is 0 Å². The highest BCUT2D eigenvalue weighted by molar-refractivity contribution is 7.99. The Morgan fingerprint density at radius 1 is 0.913 bits per heavy atom. The molecular formula is C20H16O2S. The van der Waals surface area contributed by atoms with E-state index in [1.807, 2.05) is 0 Å². The van der Waals surface area contributed by atoms with Crippen molar-refractivity contribution in [3.8, 4) is 0 Å². The highest BCUT2D eigenvalue weighted by Gasteiger charge is 2.43. The van der Waals surface area contributed by atoms with Crippen LogP contribution in [0.25, 0.3) is 10.8 Å². The Morgan fingerprint density at radius 2 is 1.61 bits per heavy atom. The third-order valence-corrected chi connectivity index (χ3v) is 5.37. The van der Waals surface area contributed by atoms with Crippen LogP contribution in [0.1, 0.15) is 17.9 Å². The van der Waals surface area contributed by atoms with Crippen LogP contribution in [0.15, 0.2) is 76.5 Å². The number of rotatable bonds is 4. The first-order chi connectivity index (χ1) is 11.2. The smallest absolute Gasteiger partial charge is 0.307 e. The lowest BCUT2D eigenvalue weighted by Gasteiger charge is -2.05. The van der Waals surface area contributed by atoms with Gasteiger partial charge in [-0.25, -0.2) is 0 Å². The van der Waals surface area contributed by atoms with E-state index in [-0.39, 0.29) is 11.8 Å². The van der Waals surface area contributed by atoms with Gasteiger partial charge in [-0.1, -0.05) is 54.2 Å². The monoisotopic (exact) mass is 320 g/mol. The molecule has 0 saturated heterocycles. The van der Waals surface area contributed by atoms with Crippen LogP contribution < -0.4 is 0 Å². The Labute approximate surface area is 139 Å². The highest BCUT2D eigenvalue weighted by atomic mass is 32.2. The van der Waals surface area contributed by atoms with E-state index in [1.54, 1.807) is 11.8 Å². The standard InChI is InChI=1S/C20H16O2S/c21-20(22)19-12-18(19)14-6-8-16(9-7-14)23-17-10-5-13-3-1-2-4-15(13)11-17/h1-11,18-19H,12H2,(H,21,22). The van der Waals surface area contributed by atoms with Crippen LogP contribution in [0, 0.1) is 5.92 Å². The first-order valence-corrected chi connectivity index (χ1v) is 8.52. The van der Waals surface area contributed by atoms with E-state index in [0.717, 1.165) is 12.0 Å². The van der Waals surface area contributed by atoms with Crippen molar-refractivity contribution >= 4 is 28.5 Å². The van der Waals surface area contributed by atoms with Crippen molar-refractivity contribution in [3.63, 3.8) is 0 Å². The predicted molar refractivity (Wildman–Crippen MR) is 93.0 cm³/mol. The minimum Gasteiger partial charge on any atom is -0.481 e. The maximum absolute atomic E-state index is 11.0. The lowest BCUT2D eigenvalue weighted by Crippen LogP contribution is -1.98. The molecule has 0 bridgehead atoms. The molecule has 0 amide bonds. The zero-order chi connectivity index (χ0) is 15.8.